The van der Waals surface area contributed by atoms with Crippen LogP contribution in [0.5, 0.6) is 0 Å². The third-order valence-electron chi connectivity index (χ3n) is 6.80. The molecule has 3 heterocycles. The summed E-state index contributed by atoms with van der Waals surface area (Å²) >= 11 is 5.34. The molecule has 1 aliphatic rings. The Kier molecular flexibility index (Phi) is 5.65. The van der Waals surface area contributed by atoms with Gasteiger partial charge in [-0.1, -0.05) is 60.7 Å². The van der Waals surface area contributed by atoms with Gasteiger partial charge in [0.1, 0.15) is 5.82 Å². The zero-order valence-corrected chi connectivity index (χ0v) is 20.5. The molecule has 9 nitrogen and oxygen atoms in total. The van der Waals surface area contributed by atoms with Crippen LogP contribution in [-0.4, -0.2) is 39.7 Å². The van der Waals surface area contributed by atoms with Crippen molar-refractivity contribution in [3.05, 3.63) is 87.2 Å². The number of H-pyrrole nitrogens is 2. The van der Waals surface area contributed by atoms with E-state index in [1.807, 2.05) is 18.2 Å². The summed E-state index contributed by atoms with van der Waals surface area (Å²) in [5.74, 6) is 1.81. The molecule has 0 bridgehead atoms. The SMILES string of the molecule is Cn1c(=S)[nH]c2nc(C3CC=CCC3)n(Cc3ccc(-c4ccccc4-c4nnn[nH]4)cc3)c2c1=O. The zero-order valence-electron chi connectivity index (χ0n) is 19.7. The highest BCUT2D eigenvalue weighted by Gasteiger charge is 2.23. The van der Waals surface area contributed by atoms with E-state index in [1.165, 1.54) is 4.57 Å². The third-order valence-corrected chi connectivity index (χ3v) is 7.18. The second-order valence-corrected chi connectivity index (χ2v) is 9.41. The predicted octanol–water partition coefficient (Wildman–Crippen LogP) is 4.51. The molecule has 0 saturated heterocycles. The van der Waals surface area contributed by atoms with Crippen LogP contribution in [0, 0.1) is 4.77 Å². The number of imidazole rings is 1. The van der Waals surface area contributed by atoms with Gasteiger partial charge in [0.05, 0.1) is 0 Å². The van der Waals surface area contributed by atoms with Gasteiger partial charge in [0, 0.05) is 25.1 Å². The normalized spacial score (nSPS) is 15.5. The number of fused-ring (bicyclic) bond motifs is 1. The van der Waals surface area contributed by atoms with Crippen LogP contribution in [0.15, 0.2) is 65.5 Å². The van der Waals surface area contributed by atoms with Crippen molar-refractivity contribution in [3.63, 3.8) is 0 Å². The van der Waals surface area contributed by atoms with Crippen molar-refractivity contribution < 1.29 is 0 Å². The number of aromatic amines is 2. The van der Waals surface area contributed by atoms with Crippen LogP contribution in [0.1, 0.15) is 36.6 Å². The summed E-state index contributed by atoms with van der Waals surface area (Å²) in [5, 5.41) is 14.3. The molecule has 6 rings (SSSR count). The highest BCUT2D eigenvalue weighted by atomic mass is 32.1. The molecule has 0 saturated carbocycles. The van der Waals surface area contributed by atoms with Crippen LogP contribution in [0.4, 0.5) is 0 Å². The van der Waals surface area contributed by atoms with Gasteiger partial charge in [-0.15, -0.1) is 5.10 Å². The summed E-state index contributed by atoms with van der Waals surface area (Å²) < 4.78 is 3.91. The Balaban J connectivity index is 1.41. The first-order valence-electron chi connectivity index (χ1n) is 11.9. The first-order chi connectivity index (χ1) is 17.6. The largest absolute Gasteiger partial charge is 0.317 e. The smallest absolute Gasteiger partial charge is 0.280 e. The molecule has 0 fully saturated rings. The first-order valence-corrected chi connectivity index (χ1v) is 12.3. The molecule has 2 N–H and O–H groups in total. The number of aromatic nitrogens is 8. The summed E-state index contributed by atoms with van der Waals surface area (Å²) in [6, 6.07) is 16.4. The molecule has 0 aliphatic heterocycles. The zero-order chi connectivity index (χ0) is 24.6. The average Bonchev–Trinajstić information content (AvgIpc) is 3.57. The molecule has 2 aromatic carbocycles. The van der Waals surface area contributed by atoms with Crippen LogP contribution in [-0.2, 0) is 13.6 Å². The van der Waals surface area contributed by atoms with E-state index in [9.17, 15) is 4.79 Å². The quantitative estimate of drug-likeness (QED) is 0.274. The molecular weight excluding hydrogens is 472 g/mol. The van der Waals surface area contributed by atoms with Crippen molar-refractivity contribution in [2.24, 2.45) is 7.05 Å². The van der Waals surface area contributed by atoms with E-state index in [-0.39, 0.29) is 11.5 Å². The van der Waals surface area contributed by atoms with Crippen molar-refractivity contribution in [2.45, 2.75) is 31.7 Å². The van der Waals surface area contributed by atoms with Gasteiger partial charge in [0.2, 0.25) is 0 Å². The van der Waals surface area contributed by atoms with E-state index in [4.69, 9.17) is 17.2 Å². The molecule has 1 atom stereocenters. The maximum atomic E-state index is 13.2. The number of benzene rings is 2. The maximum Gasteiger partial charge on any atom is 0.280 e. The van der Waals surface area contributed by atoms with E-state index >= 15 is 0 Å². The number of hydrogen-bond acceptors (Lipinski definition) is 6. The molecule has 180 valence electrons. The summed E-state index contributed by atoms with van der Waals surface area (Å²) in [6.07, 6.45) is 7.34. The van der Waals surface area contributed by atoms with E-state index in [2.05, 4.69) is 72.7 Å². The standard InChI is InChI=1S/C26H24N8OS/c1-33-25(35)21-23(28-26(33)36)27-24(18-7-3-2-4-8-18)34(21)15-16-11-13-17(14-12-16)19-9-5-6-10-20(19)22-29-31-32-30-22/h2-3,5-6,9-14,18H,4,7-8,15H2,1H3,(H,28,36)(H,29,30,31,32). The molecule has 0 amide bonds. The van der Waals surface area contributed by atoms with Crippen LogP contribution >= 0.6 is 12.2 Å². The third kappa shape index (κ3) is 3.89. The van der Waals surface area contributed by atoms with Crippen LogP contribution in [0.2, 0.25) is 0 Å². The summed E-state index contributed by atoms with van der Waals surface area (Å²) in [4.78, 5) is 21.2. The van der Waals surface area contributed by atoms with Crippen molar-refractivity contribution in [2.75, 3.05) is 0 Å². The van der Waals surface area contributed by atoms with Crippen molar-refractivity contribution in [1.29, 1.82) is 0 Å². The van der Waals surface area contributed by atoms with Gasteiger partial charge in [-0.05, 0) is 58.6 Å². The predicted molar refractivity (Wildman–Crippen MR) is 140 cm³/mol. The topological polar surface area (TPSA) is 110 Å². The van der Waals surface area contributed by atoms with Crippen LogP contribution in [0.25, 0.3) is 33.7 Å². The van der Waals surface area contributed by atoms with Gasteiger partial charge in [-0.3, -0.25) is 9.36 Å². The molecule has 1 aliphatic carbocycles. The minimum atomic E-state index is -0.134. The Morgan fingerprint density at radius 3 is 2.61 bits per heavy atom. The second-order valence-electron chi connectivity index (χ2n) is 9.02. The van der Waals surface area contributed by atoms with Gasteiger partial charge in [0.15, 0.2) is 21.8 Å². The molecule has 0 spiro atoms. The Bertz CT molecular complexity index is 1690. The van der Waals surface area contributed by atoms with Gasteiger partial charge in [-0.25, -0.2) is 10.1 Å². The number of tetrazole rings is 1. The van der Waals surface area contributed by atoms with Crippen LogP contribution < -0.4 is 5.56 Å². The van der Waals surface area contributed by atoms with E-state index in [0.717, 1.165) is 47.3 Å². The summed E-state index contributed by atoms with van der Waals surface area (Å²) in [7, 11) is 1.69. The average molecular weight is 497 g/mol. The lowest BCUT2D eigenvalue weighted by Gasteiger charge is -2.19. The lowest BCUT2D eigenvalue weighted by molar-refractivity contribution is 0.554. The van der Waals surface area contributed by atoms with E-state index in [1.54, 1.807) is 7.05 Å². The highest BCUT2D eigenvalue weighted by molar-refractivity contribution is 7.71. The first kappa shape index (κ1) is 22.3. The minimum absolute atomic E-state index is 0.134. The molecule has 5 aromatic rings. The van der Waals surface area contributed by atoms with Crippen molar-refractivity contribution in [3.8, 4) is 22.5 Å². The van der Waals surface area contributed by atoms with Crippen molar-refractivity contribution in [1.82, 2.24) is 39.7 Å². The summed E-state index contributed by atoms with van der Waals surface area (Å²) in [6.45, 7) is 0.542. The maximum absolute atomic E-state index is 13.2. The number of nitrogens with one attached hydrogen (secondary N) is 2. The van der Waals surface area contributed by atoms with Gasteiger partial charge >= 0.3 is 0 Å². The van der Waals surface area contributed by atoms with E-state index < -0.39 is 0 Å². The molecule has 10 heteroatoms. The lowest BCUT2D eigenvalue weighted by atomic mass is 9.93. The Morgan fingerprint density at radius 1 is 1.08 bits per heavy atom. The molecule has 3 aromatic heterocycles. The molecule has 1 unspecified atom stereocenters. The Hall–Kier alpha value is -4.18. The molecular formula is C26H24N8OS. The second kappa shape index (κ2) is 9.12. The number of hydrogen-bond donors (Lipinski definition) is 2. The lowest BCUT2D eigenvalue weighted by Crippen LogP contribution is -2.22. The molecule has 0 radical (unpaired) electrons. The molecule has 36 heavy (non-hydrogen) atoms. The minimum Gasteiger partial charge on any atom is -0.317 e. The Labute approximate surface area is 211 Å². The monoisotopic (exact) mass is 496 g/mol. The number of rotatable bonds is 5. The van der Waals surface area contributed by atoms with Gasteiger partial charge in [0.25, 0.3) is 5.56 Å². The fraction of sp³-hybridized carbons (Fsp3) is 0.231. The van der Waals surface area contributed by atoms with E-state index in [0.29, 0.717) is 28.3 Å². The number of nitrogens with zero attached hydrogens (tertiary/aromatic N) is 6. The van der Waals surface area contributed by atoms with Crippen molar-refractivity contribution >= 4 is 23.4 Å². The van der Waals surface area contributed by atoms with Gasteiger partial charge < -0.3 is 9.55 Å². The highest BCUT2D eigenvalue weighted by Crippen LogP contribution is 2.32. The fourth-order valence-corrected chi connectivity index (χ4v) is 5.08. The Morgan fingerprint density at radius 2 is 1.89 bits per heavy atom. The van der Waals surface area contributed by atoms with Gasteiger partial charge in [-0.2, -0.15) is 0 Å². The number of allylic oxidation sites excluding steroid dienone is 2. The van der Waals surface area contributed by atoms with Crippen LogP contribution in [0.3, 0.4) is 0 Å². The fourth-order valence-electron chi connectivity index (χ4n) is 4.90. The summed E-state index contributed by atoms with van der Waals surface area (Å²) in [5.41, 5.74) is 5.08.